The lowest BCUT2D eigenvalue weighted by atomic mass is 10.0. The second-order valence-electron chi connectivity index (χ2n) is 4.43. The first-order valence-corrected chi connectivity index (χ1v) is 5.83. The molecular formula is C13H8F4N4. The Hall–Kier alpha value is -2.64. The summed E-state index contributed by atoms with van der Waals surface area (Å²) in [4.78, 5) is 2.64. The summed E-state index contributed by atoms with van der Waals surface area (Å²) in [5, 5.41) is 7.27. The number of nitrogens with one attached hydrogen (secondary N) is 1. The molecule has 0 saturated heterocycles. The molecule has 2 aromatic heterocycles. The summed E-state index contributed by atoms with van der Waals surface area (Å²) in [6, 6.07) is 4.85. The minimum Gasteiger partial charge on any atom is -0.382 e. The van der Waals surface area contributed by atoms with Crippen LogP contribution in [-0.4, -0.2) is 15.2 Å². The monoisotopic (exact) mass is 296 g/mol. The Kier molecular flexibility index (Phi) is 2.82. The third-order valence-electron chi connectivity index (χ3n) is 3.02. The number of benzene rings is 1. The summed E-state index contributed by atoms with van der Waals surface area (Å²) in [6.45, 7) is 0. The van der Waals surface area contributed by atoms with Gasteiger partial charge in [-0.25, -0.2) is 4.39 Å². The molecule has 21 heavy (non-hydrogen) atoms. The van der Waals surface area contributed by atoms with Gasteiger partial charge in [-0.05, 0) is 18.2 Å². The molecule has 0 amide bonds. The highest BCUT2D eigenvalue weighted by Crippen LogP contribution is 2.37. The zero-order chi connectivity index (χ0) is 15.2. The Labute approximate surface area is 115 Å². The van der Waals surface area contributed by atoms with Gasteiger partial charge < -0.3 is 10.7 Å². The van der Waals surface area contributed by atoms with Gasteiger partial charge in [-0.3, -0.25) is 0 Å². The van der Waals surface area contributed by atoms with E-state index >= 15 is 0 Å². The Morgan fingerprint density at radius 2 is 1.86 bits per heavy atom. The number of nitrogens with zero attached hydrogens (tertiary/aromatic N) is 2. The lowest BCUT2D eigenvalue weighted by Crippen LogP contribution is -2.11. The van der Waals surface area contributed by atoms with E-state index in [0.717, 1.165) is 12.3 Å². The molecule has 108 valence electrons. The van der Waals surface area contributed by atoms with Crippen molar-refractivity contribution >= 4 is 16.7 Å². The average Bonchev–Trinajstić information content (AvgIpc) is 2.79. The van der Waals surface area contributed by atoms with Gasteiger partial charge in [0.2, 0.25) is 0 Å². The molecule has 1 aromatic carbocycles. The Balaban J connectivity index is 2.22. The number of aromatic nitrogens is 3. The van der Waals surface area contributed by atoms with Crippen molar-refractivity contribution in [1.29, 1.82) is 0 Å². The van der Waals surface area contributed by atoms with Gasteiger partial charge in [0.05, 0.1) is 5.56 Å². The molecular weight excluding hydrogens is 288 g/mol. The first-order chi connectivity index (χ1) is 9.86. The number of H-pyrrole nitrogens is 1. The molecule has 3 aromatic rings. The fraction of sp³-hybridized carbons (Fsp3) is 0.0769. The number of aromatic amines is 1. The standard InChI is InChI=1S/C13H8F4N4/c14-9-5-19-10-3-6(1-2-7(9)10)12-8(13(15,16)17)4-11(18)20-21-12/h1-5,19H,(H2,18,20). The highest BCUT2D eigenvalue weighted by Gasteiger charge is 2.35. The molecule has 3 N–H and O–H groups in total. The van der Waals surface area contributed by atoms with Gasteiger partial charge in [0.25, 0.3) is 0 Å². The van der Waals surface area contributed by atoms with Crippen LogP contribution in [0.25, 0.3) is 22.2 Å². The molecule has 0 aliphatic carbocycles. The first kappa shape index (κ1) is 13.3. The summed E-state index contributed by atoms with van der Waals surface area (Å²) in [7, 11) is 0. The first-order valence-electron chi connectivity index (χ1n) is 5.83. The zero-order valence-corrected chi connectivity index (χ0v) is 10.4. The van der Waals surface area contributed by atoms with Crippen LogP contribution in [0.5, 0.6) is 0 Å². The van der Waals surface area contributed by atoms with Crippen molar-refractivity contribution in [2.75, 3.05) is 5.73 Å². The topological polar surface area (TPSA) is 67.6 Å². The maximum atomic E-state index is 13.3. The minimum atomic E-state index is -4.62. The summed E-state index contributed by atoms with van der Waals surface area (Å²) >= 11 is 0. The van der Waals surface area contributed by atoms with E-state index in [1.165, 1.54) is 18.2 Å². The van der Waals surface area contributed by atoms with Crippen LogP contribution in [0.4, 0.5) is 23.4 Å². The van der Waals surface area contributed by atoms with Gasteiger partial charge in [-0.15, -0.1) is 10.2 Å². The van der Waals surface area contributed by atoms with Gasteiger partial charge in [0.1, 0.15) is 17.3 Å². The Bertz CT molecular complexity index is 823. The van der Waals surface area contributed by atoms with E-state index in [1.54, 1.807) is 0 Å². The quantitative estimate of drug-likeness (QED) is 0.677. The lowest BCUT2D eigenvalue weighted by molar-refractivity contribution is -0.137. The SMILES string of the molecule is Nc1cc(C(F)(F)F)c(-c2ccc3c(F)c[nH]c3c2)nn1. The predicted octanol–water partition coefficient (Wildman–Crippen LogP) is 3.37. The molecule has 0 aliphatic heterocycles. The van der Waals surface area contributed by atoms with Gasteiger partial charge in [0, 0.05) is 22.7 Å². The number of nitrogen functional groups attached to an aromatic ring is 1. The van der Waals surface area contributed by atoms with Crippen molar-refractivity contribution in [3.8, 4) is 11.3 Å². The lowest BCUT2D eigenvalue weighted by Gasteiger charge is -2.11. The highest BCUT2D eigenvalue weighted by molar-refractivity contribution is 5.85. The van der Waals surface area contributed by atoms with E-state index in [-0.39, 0.29) is 22.5 Å². The van der Waals surface area contributed by atoms with E-state index < -0.39 is 17.6 Å². The van der Waals surface area contributed by atoms with Crippen molar-refractivity contribution in [1.82, 2.24) is 15.2 Å². The van der Waals surface area contributed by atoms with Gasteiger partial charge >= 0.3 is 6.18 Å². The number of rotatable bonds is 1. The minimum absolute atomic E-state index is 0.171. The second-order valence-corrected chi connectivity index (χ2v) is 4.43. The fourth-order valence-corrected chi connectivity index (χ4v) is 2.07. The molecule has 3 rings (SSSR count). The van der Waals surface area contributed by atoms with Gasteiger partial charge in [0.15, 0.2) is 0 Å². The molecule has 8 heteroatoms. The number of hydrogen-bond acceptors (Lipinski definition) is 3. The largest absolute Gasteiger partial charge is 0.418 e. The summed E-state index contributed by atoms with van der Waals surface area (Å²) in [5.41, 5.74) is 4.47. The molecule has 0 atom stereocenters. The molecule has 0 fully saturated rings. The Morgan fingerprint density at radius 1 is 1.10 bits per heavy atom. The summed E-state index contributed by atoms with van der Waals surface area (Å²) in [5.74, 6) is -0.797. The van der Waals surface area contributed by atoms with Crippen LogP contribution >= 0.6 is 0 Å². The molecule has 0 aliphatic rings. The highest BCUT2D eigenvalue weighted by atomic mass is 19.4. The van der Waals surface area contributed by atoms with Crippen molar-refractivity contribution in [2.45, 2.75) is 6.18 Å². The number of nitrogens with two attached hydrogens (primary N) is 1. The number of anilines is 1. The number of fused-ring (bicyclic) bond motifs is 1. The average molecular weight is 296 g/mol. The van der Waals surface area contributed by atoms with Crippen LogP contribution in [0, 0.1) is 5.82 Å². The molecule has 4 nitrogen and oxygen atoms in total. The van der Waals surface area contributed by atoms with E-state index in [0.29, 0.717) is 5.52 Å². The number of halogens is 4. The summed E-state index contributed by atoms with van der Waals surface area (Å²) in [6.07, 6.45) is -3.48. The van der Waals surface area contributed by atoms with E-state index in [2.05, 4.69) is 15.2 Å². The van der Waals surface area contributed by atoms with Crippen LogP contribution in [0.2, 0.25) is 0 Å². The molecule has 2 heterocycles. The predicted molar refractivity (Wildman–Crippen MR) is 68.7 cm³/mol. The van der Waals surface area contributed by atoms with Crippen LogP contribution in [-0.2, 0) is 6.18 Å². The maximum absolute atomic E-state index is 13.3. The fourth-order valence-electron chi connectivity index (χ4n) is 2.07. The zero-order valence-electron chi connectivity index (χ0n) is 10.4. The molecule has 0 spiro atoms. The van der Waals surface area contributed by atoms with Crippen molar-refractivity contribution in [2.24, 2.45) is 0 Å². The molecule has 0 radical (unpaired) electrons. The van der Waals surface area contributed by atoms with Crippen LogP contribution in [0.1, 0.15) is 5.56 Å². The third-order valence-corrected chi connectivity index (χ3v) is 3.02. The van der Waals surface area contributed by atoms with E-state index in [4.69, 9.17) is 5.73 Å². The number of alkyl halides is 3. The third kappa shape index (κ3) is 2.28. The number of hydrogen-bond donors (Lipinski definition) is 2. The van der Waals surface area contributed by atoms with Crippen molar-refractivity contribution in [3.05, 3.63) is 41.8 Å². The van der Waals surface area contributed by atoms with Crippen molar-refractivity contribution < 1.29 is 17.6 Å². The van der Waals surface area contributed by atoms with Gasteiger partial charge in [-0.2, -0.15) is 13.2 Å². The molecule has 0 unspecified atom stereocenters. The smallest absolute Gasteiger partial charge is 0.382 e. The molecule has 0 saturated carbocycles. The van der Waals surface area contributed by atoms with Crippen LogP contribution < -0.4 is 5.73 Å². The van der Waals surface area contributed by atoms with E-state index in [9.17, 15) is 17.6 Å². The normalized spacial score (nSPS) is 12.0. The van der Waals surface area contributed by atoms with Crippen molar-refractivity contribution in [3.63, 3.8) is 0 Å². The maximum Gasteiger partial charge on any atom is 0.418 e. The van der Waals surface area contributed by atoms with E-state index in [1.807, 2.05) is 0 Å². The van der Waals surface area contributed by atoms with Crippen LogP contribution in [0.3, 0.4) is 0 Å². The Morgan fingerprint density at radius 3 is 2.57 bits per heavy atom. The molecule has 0 bridgehead atoms. The van der Waals surface area contributed by atoms with Gasteiger partial charge in [-0.1, -0.05) is 6.07 Å². The summed E-state index contributed by atoms with van der Waals surface area (Å²) < 4.78 is 52.5. The van der Waals surface area contributed by atoms with Crippen LogP contribution in [0.15, 0.2) is 30.5 Å². The second kappa shape index (κ2) is 4.44.